The van der Waals surface area contributed by atoms with Gasteiger partial charge in [0, 0.05) is 12.5 Å². The van der Waals surface area contributed by atoms with Gasteiger partial charge in [-0.15, -0.1) is 0 Å². The van der Waals surface area contributed by atoms with Crippen LogP contribution >= 0.6 is 0 Å². The molecule has 0 radical (unpaired) electrons. The lowest BCUT2D eigenvalue weighted by atomic mass is 10.0. The minimum Gasteiger partial charge on any atom is -0.493 e. The van der Waals surface area contributed by atoms with E-state index in [1.807, 2.05) is 0 Å². The van der Waals surface area contributed by atoms with Gasteiger partial charge in [-0.3, -0.25) is 24.5 Å². The van der Waals surface area contributed by atoms with E-state index in [0.29, 0.717) is 22.6 Å². The summed E-state index contributed by atoms with van der Waals surface area (Å²) in [7, 11) is 0. The molecule has 1 aliphatic rings. The second-order valence-corrected chi connectivity index (χ2v) is 6.16. The predicted molar refractivity (Wildman–Crippen MR) is 92.2 cm³/mol. The van der Waals surface area contributed by atoms with Crippen LogP contribution in [0.15, 0.2) is 12.1 Å². The number of ether oxygens (including phenoxy) is 1. The summed E-state index contributed by atoms with van der Waals surface area (Å²) in [6.45, 7) is 1.68. The van der Waals surface area contributed by atoms with Crippen molar-refractivity contribution in [3.8, 4) is 5.75 Å². The van der Waals surface area contributed by atoms with Crippen molar-refractivity contribution in [1.82, 2.24) is 20.6 Å². The molecule has 1 aliphatic heterocycles. The van der Waals surface area contributed by atoms with Crippen molar-refractivity contribution < 1.29 is 29.0 Å². The highest BCUT2D eigenvalue weighted by Gasteiger charge is 2.29. The first-order valence-electron chi connectivity index (χ1n) is 8.33. The molecule has 1 fully saturated rings. The standard InChI is InChI=1S/C17H18N4O6/c1-8-18-12-7-9(27-5-4-14(23)24)6-10(15(12)19-8)16(25)20-11-2-3-13(22)21-17(11)26/h6-7,11H,2-5H2,1H3,(H,18,19)(H,20,25)(H,23,24)(H,21,22,26). The molecular formula is C17H18N4O6. The molecule has 3 amide bonds. The van der Waals surface area contributed by atoms with Gasteiger partial charge >= 0.3 is 5.97 Å². The zero-order chi connectivity index (χ0) is 19.6. The number of aryl methyl sites for hydroxylation is 1. The molecule has 0 bridgehead atoms. The number of benzene rings is 1. The van der Waals surface area contributed by atoms with E-state index in [4.69, 9.17) is 9.84 Å². The zero-order valence-electron chi connectivity index (χ0n) is 14.5. The Balaban J connectivity index is 1.84. The Bertz CT molecular complexity index is 935. The van der Waals surface area contributed by atoms with Gasteiger partial charge in [0.05, 0.1) is 24.1 Å². The van der Waals surface area contributed by atoms with E-state index in [0.717, 1.165) is 0 Å². The topological polar surface area (TPSA) is 150 Å². The van der Waals surface area contributed by atoms with Crippen molar-refractivity contribution in [3.05, 3.63) is 23.5 Å². The summed E-state index contributed by atoms with van der Waals surface area (Å²) in [5.74, 6) is -1.56. The first-order chi connectivity index (χ1) is 12.8. The maximum atomic E-state index is 12.7. The third-order valence-electron chi connectivity index (χ3n) is 4.05. The Labute approximate surface area is 153 Å². The predicted octanol–water partition coefficient (Wildman–Crippen LogP) is 0.260. The number of imidazole rings is 1. The number of hydrogen-bond donors (Lipinski definition) is 4. The number of H-pyrrole nitrogens is 1. The summed E-state index contributed by atoms with van der Waals surface area (Å²) in [5.41, 5.74) is 1.14. The normalized spacial score (nSPS) is 16.9. The first-order valence-corrected chi connectivity index (χ1v) is 8.33. The number of nitrogens with zero attached hydrogens (tertiary/aromatic N) is 1. The highest BCUT2D eigenvalue weighted by molar-refractivity contribution is 6.08. The number of nitrogens with one attached hydrogen (secondary N) is 3. The number of carboxylic acid groups (broad SMARTS) is 1. The van der Waals surface area contributed by atoms with Gasteiger partial charge < -0.3 is 20.1 Å². The maximum Gasteiger partial charge on any atom is 0.306 e. The molecule has 2 heterocycles. The molecule has 1 atom stereocenters. The van der Waals surface area contributed by atoms with E-state index >= 15 is 0 Å². The molecule has 2 aromatic rings. The number of aromatic nitrogens is 2. The monoisotopic (exact) mass is 374 g/mol. The van der Waals surface area contributed by atoms with Crippen molar-refractivity contribution in [2.24, 2.45) is 0 Å². The van der Waals surface area contributed by atoms with Crippen LogP contribution in [0.4, 0.5) is 0 Å². The number of rotatable bonds is 6. The average Bonchev–Trinajstić information content (AvgIpc) is 2.96. The third-order valence-corrected chi connectivity index (χ3v) is 4.05. The van der Waals surface area contributed by atoms with Crippen molar-refractivity contribution in [3.63, 3.8) is 0 Å². The van der Waals surface area contributed by atoms with Gasteiger partial charge in [-0.25, -0.2) is 4.98 Å². The second-order valence-electron chi connectivity index (χ2n) is 6.16. The number of carbonyl (C=O) groups is 4. The van der Waals surface area contributed by atoms with Gasteiger partial charge in [0.1, 0.15) is 23.1 Å². The van der Waals surface area contributed by atoms with Gasteiger partial charge in [0.15, 0.2) is 0 Å². The van der Waals surface area contributed by atoms with E-state index in [9.17, 15) is 19.2 Å². The van der Waals surface area contributed by atoms with Crippen LogP contribution in [-0.2, 0) is 14.4 Å². The van der Waals surface area contributed by atoms with E-state index in [-0.39, 0.29) is 37.3 Å². The Kier molecular flexibility index (Phi) is 5.06. The van der Waals surface area contributed by atoms with Gasteiger partial charge in [-0.1, -0.05) is 0 Å². The summed E-state index contributed by atoms with van der Waals surface area (Å²) in [5, 5.41) is 13.5. The lowest BCUT2D eigenvalue weighted by Gasteiger charge is -2.22. The van der Waals surface area contributed by atoms with E-state index < -0.39 is 23.8 Å². The fraction of sp³-hybridized carbons (Fsp3) is 0.353. The van der Waals surface area contributed by atoms with Crippen molar-refractivity contribution in [2.75, 3.05) is 6.61 Å². The molecule has 10 heteroatoms. The van der Waals surface area contributed by atoms with E-state index in [1.54, 1.807) is 13.0 Å². The minimum atomic E-state index is -0.996. The van der Waals surface area contributed by atoms with Gasteiger partial charge in [0.2, 0.25) is 11.8 Å². The molecule has 27 heavy (non-hydrogen) atoms. The van der Waals surface area contributed by atoms with Crippen LogP contribution in [0.2, 0.25) is 0 Å². The molecule has 1 unspecified atom stereocenters. The van der Waals surface area contributed by atoms with Crippen LogP contribution in [0.1, 0.15) is 35.4 Å². The zero-order valence-corrected chi connectivity index (χ0v) is 14.5. The summed E-state index contributed by atoms with van der Waals surface area (Å²) in [6, 6.07) is 2.26. The van der Waals surface area contributed by atoms with Crippen molar-refractivity contribution in [1.29, 1.82) is 0 Å². The molecule has 0 spiro atoms. The Morgan fingerprint density at radius 2 is 2.15 bits per heavy atom. The van der Waals surface area contributed by atoms with Crippen LogP contribution in [0.3, 0.4) is 0 Å². The average molecular weight is 374 g/mol. The van der Waals surface area contributed by atoms with Crippen LogP contribution in [-0.4, -0.2) is 51.4 Å². The molecule has 1 saturated heterocycles. The van der Waals surface area contributed by atoms with Gasteiger partial charge in [0.25, 0.3) is 5.91 Å². The summed E-state index contributed by atoms with van der Waals surface area (Å²) in [6.07, 6.45) is 0.178. The fourth-order valence-electron chi connectivity index (χ4n) is 2.79. The molecule has 10 nitrogen and oxygen atoms in total. The molecule has 3 rings (SSSR count). The largest absolute Gasteiger partial charge is 0.493 e. The summed E-state index contributed by atoms with van der Waals surface area (Å²) in [4.78, 5) is 53.7. The summed E-state index contributed by atoms with van der Waals surface area (Å²) >= 11 is 0. The quantitative estimate of drug-likeness (QED) is 0.530. The highest BCUT2D eigenvalue weighted by atomic mass is 16.5. The van der Waals surface area contributed by atoms with E-state index in [1.165, 1.54) is 6.07 Å². The highest BCUT2D eigenvalue weighted by Crippen LogP contribution is 2.24. The number of carbonyl (C=O) groups excluding carboxylic acids is 3. The molecule has 1 aromatic heterocycles. The van der Waals surface area contributed by atoms with E-state index in [2.05, 4.69) is 20.6 Å². The molecular weight excluding hydrogens is 356 g/mol. The van der Waals surface area contributed by atoms with Crippen molar-refractivity contribution in [2.45, 2.75) is 32.2 Å². The number of piperidine rings is 1. The molecule has 1 aromatic carbocycles. The number of aliphatic carboxylic acids is 1. The van der Waals surface area contributed by atoms with Crippen LogP contribution in [0.25, 0.3) is 11.0 Å². The lowest BCUT2D eigenvalue weighted by Crippen LogP contribution is -2.52. The molecule has 0 saturated carbocycles. The summed E-state index contributed by atoms with van der Waals surface area (Å²) < 4.78 is 5.42. The van der Waals surface area contributed by atoms with Gasteiger partial charge in [-0.2, -0.15) is 0 Å². The molecule has 142 valence electrons. The third kappa shape index (κ3) is 4.22. The number of fused-ring (bicyclic) bond motifs is 1. The number of imide groups is 1. The first kappa shape index (κ1) is 18.4. The van der Waals surface area contributed by atoms with Crippen molar-refractivity contribution >= 4 is 34.7 Å². The smallest absolute Gasteiger partial charge is 0.306 e. The Morgan fingerprint density at radius 3 is 2.85 bits per heavy atom. The van der Waals surface area contributed by atoms with Crippen LogP contribution < -0.4 is 15.4 Å². The molecule has 4 N–H and O–H groups in total. The Hall–Kier alpha value is -3.43. The molecule has 0 aliphatic carbocycles. The van der Waals surface area contributed by atoms with Gasteiger partial charge in [-0.05, 0) is 19.4 Å². The minimum absolute atomic E-state index is 0.0534. The number of hydrogen-bond acceptors (Lipinski definition) is 6. The SMILES string of the molecule is Cc1nc2c(C(=O)NC3CCC(=O)NC3=O)cc(OCCC(=O)O)cc2[nH]1. The number of aromatic amines is 1. The fourth-order valence-corrected chi connectivity index (χ4v) is 2.79. The maximum absolute atomic E-state index is 12.7. The number of amides is 3. The lowest BCUT2D eigenvalue weighted by molar-refractivity contribution is -0.138. The Morgan fingerprint density at radius 1 is 1.37 bits per heavy atom. The van der Waals surface area contributed by atoms with Crippen LogP contribution in [0, 0.1) is 6.92 Å². The number of carboxylic acids is 1. The van der Waals surface area contributed by atoms with Crippen LogP contribution in [0.5, 0.6) is 5.75 Å². The second kappa shape index (κ2) is 7.44.